The summed E-state index contributed by atoms with van der Waals surface area (Å²) in [5.74, 6) is 0. The van der Waals surface area contributed by atoms with Crippen molar-refractivity contribution in [3.05, 3.63) is 33.8 Å². The number of rotatable bonds is 7. The minimum absolute atomic E-state index is 0.121. The summed E-state index contributed by atoms with van der Waals surface area (Å²) >= 11 is 12.1. The summed E-state index contributed by atoms with van der Waals surface area (Å²) in [6.07, 6.45) is 0.622. The summed E-state index contributed by atoms with van der Waals surface area (Å²) in [4.78, 5) is 0. The molecule has 0 bridgehead atoms. The Morgan fingerprint density at radius 3 is 2.39 bits per heavy atom. The van der Waals surface area contributed by atoms with Gasteiger partial charge in [-0.3, -0.25) is 0 Å². The highest BCUT2D eigenvalue weighted by atomic mass is 35.5. The first kappa shape index (κ1) is 15.7. The van der Waals surface area contributed by atoms with E-state index in [-0.39, 0.29) is 6.04 Å². The SMILES string of the molecule is CCCNC(c1ccc(Cl)cc1Cl)C(OC)OC. The van der Waals surface area contributed by atoms with E-state index < -0.39 is 6.29 Å². The Morgan fingerprint density at radius 2 is 1.89 bits per heavy atom. The number of hydrogen-bond acceptors (Lipinski definition) is 3. The minimum Gasteiger partial charge on any atom is -0.354 e. The van der Waals surface area contributed by atoms with Crippen molar-refractivity contribution in [2.45, 2.75) is 25.7 Å². The van der Waals surface area contributed by atoms with E-state index in [4.69, 9.17) is 32.7 Å². The van der Waals surface area contributed by atoms with E-state index >= 15 is 0 Å². The summed E-state index contributed by atoms with van der Waals surface area (Å²) in [5.41, 5.74) is 0.920. The van der Waals surface area contributed by atoms with Crippen LogP contribution in [0.1, 0.15) is 24.9 Å². The zero-order valence-electron chi connectivity index (χ0n) is 10.9. The molecule has 0 fully saturated rings. The van der Waals surface area contributed by atoms with Crippen molar-refractivity contribution in [2.24, 2.45) is 0 Å². The Hall–Kier alpha value is -0.320. The molecule has 0 amide bonds. The van der Waals surface area contributed by atoms with Crippen molar-refractivity contribution in [3.8, 4) is 0 Å². The van der Waals surface area contributed by atoms with Crippen LogP contribution in [0.5, 0.6) is 0 Å². The fourth-order valence-corrected chi connectivity index (χ4v) is 2.30. The van der Waals surface area contributed by atoms with Crippen LogP contribution in [-0.4, -0.2) is 27.1 Å². The van der Waals surface area contributed by atoms with Gasteiger partial charge in [-0.1, -0.05) is 36.2 Å². The summed E-state index contributed by atoms with van der Waals surface area (Å²) in [5, 5.41) is 4.59. The number of hydrogen-bond donors (Lipinski definition) is 1. The third-order valence-electron chi connectivity index (χ3n) is 2.65. The predicted octanol–water partition coefficient (Wildman–Crippen LogP) is 3.65. The van der Waals surface area contributed by atoms with E-state index in [1.165, 1.54) is 0 Å². The minimum atomic E-state index is -0.393. The molecule has 18 heavy (non-hydrogen) atoms. The van der Waals surface area contributed by atoms with Crippen LogP contribution in [0.4, 0.5) is 0 Å². The molecule has 1 unspecified atom stereocenters. The first-order chi connectivity index (χ1) is 8.63. The zero-order chi connectivity index (χ0) is 13.5. The number of halogens is 2. The number of ether oxygens (including phenoxy) is 2. The summed E-state index contributed by atoms with van der Waals surface area (Å²) in [6, 6.07) is 5.31. The van der Waals surface area contributed by atoms with Gasteiger partial charge in [0.05, 0.1) is 6.04 Å². The van der Waals surface area contributed by atoms with Crippen LogP contribution in [0.2, 0.25) is 10.0 Å². The van der Waals surface area contributed by atoms with Crippen LogP contribution in [0, 0.1) is 0 Å². The Bertz CT molecular complexity index is 370. The summed E-state index contributed by atoms with van der Waals surface area (Å²) < 4.78 is 10.6. The monoisotopic (exact) mass is 291 g/mol. The molecule has 0 aliphatic carbocycles. The second kappa shape index (κ2) is 7.97. The third-order valence-corrected chi connectivity index (χ3v) is 3.21. The van der Waals surface area contributed by atoms with E-state index in [0.717, 1.165) is 18.5 Å². The third kappa shape index (κ3) is 4.11. The molecule has 0 aliphatic rings. The van der Waals surface area contributed by atoms with Gasteiger partial charge in [-0.2, -0.15) is 0 Å². The highest BCUT2D eigenvalue weighted by Crippen LogP contribution is 2.29. The largest absolute Gasteiger partial charge is 0.354 e. The van der Waals surface area contributed by atoms with Gasteiger partial charge < -0.3 is 14.8 Å². The lowest BCUT2D eigenvalue weighted by Crippen LogP contribution is -2.35. The molecule has 1 aromatic rings. The second-order valence-electron chi connectivity index (χ2n) is 3.94. The van der Waals surface area contributed by atoms with Crippen LogP contribution in [0.15, 0.2) is 18.2 Å². The first-order valence-electron chi connectivity index (χ1n) is 5.88. The van der Waals surface area contributed by atoms with E-state index in [0.29, 0.717) is 10.0 Å². The van der Waals surface area contributed by atoms with Crippen molar-refractivity contribution in [1.82, 2.24) is 5.32 Å². The van der Waals surface area contributed by atoms with Gasteiger partial charge in [-0.25, -0.2) is 0 Å². The van der Waals surface area contributed by atoms with E-state index in [9.17, 15) is 0 Å². The topological polar surface area (TPSA) is 30.5 Å². The van der Waals surface area contributed by atoms with Gasteiger partial charge in [0.15, 0.2) is 6.29 Å². The van der Waals surface area contributed by atoms with Gasteiger partial charge in [-0.15, -0.1) is 0 Å². The normalized spacial score (nSPS) is 13.0. The van der Waals surface area contributed by atoms with Crippen LogP contribution < -0.4 is 5.32 Å². The van der Waals surface area contributed by atoms with Crippen molar-refractivity contribution in [2.75, 3.05) is 20.8 Å². The van der Waals surface area contributed by atoms with Gasteiger partial charge in [0.2, 0.25) is 0 Å². The van der Waals surface area contributed by atoms with E-state index in [2.05, 4.69) is 12.2 Å². The quantitative estimate of drug-likeness (QED) is 0.778. The van der Waals surface area contributed by atoms with Crippen molar-refractivity contribution in [1.29, 1.82) is 0 Å². The molecule has 5 heteroatoms. The fourth-order valence-electron chi connectivity index (χ4n) is 1.77. The van der Waals surface area contributed by atoms with Gasteiger partial charge in [0.1, 0.15) is 0 Å². The molecular formula is C13H19Cl2NO2. The molecular weight excluding hydrogens is 273 g/mol. The van der Waals surface area contributed by atoms with Crippen LogP contribution in [-0.2, 0) is 9.47 Å². The Balaban J connectivity index is 3.00. The molecule has 1 atom stereocenters. The second-order valence-corrected chi connectivity index (χ2v) is 4.78. The molecule has 102 valence electrons. The average Bonchev–Trinajstić information content (AvgIpc) is 2.35. The smallest absolute Gasteiger partial charge is 0.176 e. The number of methoxy groups -OCH3 is 2. The van der Waals surface area contributed by atoms with Crippen molar-refractivity contribution in [3.63, 3.8) is 0 Å². The average molecular weight is 292 g/mol. The standard InChI is InChI=1S/C13H19Cl2NO2/c1-4-7-16-12(13(17-2)18-3)10-6-5-9(14)8-11(10)15/h5-6,8,12-13,16H,4,7H2,1-3H3. The van der Waals surface area contributed by atoms with Crippen LogP contribution in [0.25, 0.3) is 0 Å². The first-order valence-corrected chi connectivity index (χ1v) is 6.63. The molecule has 0 aliphatic heterocycles. The molecule has 1 N–H and O–H groups in total. The Morgan fingerprint density at radius 1 is 1.22 bits per heavy atom. The van der Waals surface area contributed by atoms with Crippen molar-refractivity contribution < 1.29 is 9.47 Å². The van der Waals surface area contributed by atoms with Crippen molar-refractivity contribution >= 4 is 23.2 Å². The van der Waals surface area contributed by atoms with Gasteiger partial charge >= 0.3 is 0 Å². The molecule has 0 saturated carbocycles. The lowest BCUT2D eigenvalue weighted by atomic mass is 10.1. The maximum Gasteiger partial charge on any atom is 0.176 e. The van der Waals surface area contributed by atoms with Gasteiger partial charge in [0, 0.05) is 24.3 Å². The lowest BCUT2D eigenvalue weighted by molar-refractivity contribution is -0.124. The van der Waals surface area contributed by atoms with E-state index in [1.54, 1.807) is 20.3 Å². The molecule has 1 rings (SSSR count). The molecule has 1 aromatic carbocycles. The van der Waals surface area contributed by atoms with Gasteiger partial charge in [0.25, 0.3) is 0 Å². The summed E-state index contributed by atoms with van der Waals surface area (Å²) in [6.45, 7) is 2.95. The lowest BCUT2D eigenvalue weighted by Gasteiger charge is -2.27. The molecule has 0 saturated heterocycles. The molecule has 0 spiro atoms. The summed E-state index contributed by atoms with van der Waals surface area (Å²) in [7, 11) is 3.22. The highest BCUT2D eigenvalue weighted by Gasteiger charge is 2.24. The Kier molecular flexibility index (Phi) is 6.97. The van der Waals surface area contributed by atoms with Crippen LogP contribution >= 0.6 is 23.2 Å². The molecule has 0 heterocycles. The zero-order valence-corrected chi connectivity index (χ0v) is 12.4. The number of benzene rings is 1. The van der Waals surface area contributed by atoms with Crippen LogP contribution in [0.3, 0.4) is 0 Å². The maximum atomic E-state index is 6.23. The fraction of sp³-hybridized carbons (Fsp3) is 0.538. The van der Waals surface area contributed by atoms with Gasteiger partial charge in [-0.05, 0) is 30.7 Å². The predicted molar refractivity (Wildman–Crippen MR) is 75.3 cm³/mol. The molecule has 0 aromatic heterocycles. The highest BCUT2D eigenvalue weighted by molar-refractivity contribution is 6.35. The molecule has 0 radical (unpaired) electrons. The molecule has 3 nitrogen and oxygen atoms in total. The maximum absolute atomic E-state index is 6.23. The Labute approximate surface area is 118 Å². The number of nitrogens with one attached hydrogen (secondary N) is 1. The van der Waals surface area contributed by atoms with E-state index in [1.807, 2.05) is 12.1 Å².